The summed E-state index contributed by atoms with van der Waals surface area (Å²) in [7, 11) is 5.63. The second kappa shape index (κ2) is 5.77. The summed E-state index contributed by atoms with van der Waals surface area (Å²) in [6.07, 6.45) is 4.59. The maximum absolute atomic E-state index is 5.81. The van der Waals surface area contributed by atoms with Crippen molar-refractivity contribution in [1.29, 1.82) is 0 Å². The molecule has 6 heteroatoms. The SMILES string of the molecule is CNC(Cc1cn(C)nn1)C1(OC)CCOCC1. The zero-order chi connectivity index (χ0) is 13.0. The molecule has 1 atom stereocenters. The van der Waals surface area contributed by atoms with Crippen molar-refractivity contribution in [3.05, 3.63) is 11.9 Å². The summed E-state index contributed by atoms with van der Waals surface area (Å²) in [5.41, 5.74) is 0.824. The lowest BCUT2D eigenvalue weighted by Crippen LogP contribution is -2.55. The Bertz CT molecular complexity index is 374. The normalized spacial score (nSPS) is 20.8. The summed E-state index contributed by atoms with van der Waals surface area (Å²) in [5, 5.41) is 11.5. The van der Waals surface area contributed by atoms with Gasteiger partial charge in [-0.15, -0.1) is 5.10 Å². The van der Waals surface area contributed by atoms with E-state index in [1.165, 1.54) is 0 Å². The number of likely N-dealkylation sites (N-methyl/N-ethyl adjacent to an activating group) is 1. The van der Waals surface area contributed by atoms with Crippen molar-refractivity contribution in [3.8, 4) is 0 Å². The summed E-state index contributed by atoms with van der Waals surface area (Å²) < 4.78 is 13.0. The van der Waals surface area contributed by atoms with Gasteiger partial charge in [0.2, 0.25) is 0 Å². The molecule has 1 aromatic rings. The van der Waals surface area contributed by atoms with Crippen molar-refractivity contribution in [3.63, 3.8) is 0 Å². The zero-order valence-electron chi connectivity index (χ0n) is 11.3. The fourth-order valence-corrected chi connectivity index (χ4v) is 2.66. The lowest BCUT2D eigenvalue weighted by atomic mass is 9.83. The van der Waals surface area contributed by atoms with Crippen LogP contribution in [0.4, 0.5) is 0 Å². The molecule has 0 bridgehead atoms. The summed E-state index contributed by atoms with van der Waals surface area (Å²) >= 11 is 0. The van der Waals surface area contributed by atoms with E-state index >= 15 is 0 Å². The highest BCUT2D eigenvalue weighted by molar-refractivity contribution is 5.03. The van der Waals surface area contributed by atoms with Crippen LogP contribution in [0.25, 0.3) is 0 Å². The molecule has 0 aliphatic carbocycles. The number of ether oxygens (including phenoxy) is 2. The van der Waals surface area contributed by atoms with Crippen LogP contribution in [0.3, 0.4) is 0 Å². The van der Waals surface area contributed by atoms with E-state index in [1.807, 2.05) is 20.3 Å². The maximum atomic E-state index is 5.81. The number of methoxy groups -OCH3 is 1. The highest BCUT2D eigenvalue weighted by Crippen LogP contribution is 2.29. The third kappa shape index (κ3) is 2.71. The second-order valence-electron chi connectivity index (χ2n) is 4.81. The first kappa shape index (κ1) is 13.5. The van der Waals surface area contributed by atoms with E-state index in [0.29, 0.717) is 0 Å². The van der Waals surface area contributed by atoms with Gasteiger partial charge in [-0.2, -0.15) is 0 Å². The minimum absolute atomic E-state index is 0.162. The number of aromatic nitrogens is 3. The summed E-state index contributed by atoms with van der Waals surface area (Å²) in [6, 6.07) is 0.225. The number of rotatable bonds is 5. The lowest BCUT2D eigenvalue weighted by Gasteiger charge is -2.42. The molecule has 1 unspecified atom stereocenters. The molecule has 1 fully saturated rings. The Kier molecular flexibility index (Phi) is 4.31. The van der Waals surface area contributed by atoms with Gasteiger partial charge < -0.3 is 14.8 Å². The molecule has 1 aromatic heterocycles. The Morgan fingerprint density at radius 3 is 2.78 bits per heavy atom. The van der Waals surface area contributed by atoms with Crippen molar-refractivity contribution in [2.45, 2.75) is 30.9 Å². The monoisotopic (exact) mass is 254 g/mol. The summed E-state index contributed by atoms with van der Waals surface area (Å²) in [5.74, 6) is 0. The minimum atomic E-state index is -0.162. The average Bonchev–Trinajstić information content (AvgIpc) is 2.82. The van der Waals surface area contributed by atoms with E-state index in [4.69, 9.17) is 9.47 Å². The van der Waals surface area contributed by atoms with Crippen LogP contribution in [0.1, 0.15) is 18.5 Å². The molecule has 0 aromatic carbocycles. The van der Waals surface area contributed by atoms with Gasteiger partial charge in [0.25, 0.3) is 0 Å². The van der Waals surface area contributed by atoms with E-state index in [2.05, 4.69) is 15.6 Å². The van der Waals surface area contributed by atoms with E-state index in [0.717, 1.165) is 38.2 Å². The first-order chi connectivity index (χ1) is 8.70. The molecule has 102 valence electrons. The fraction of sp³-hybridized carbons (Fsp3) is 0.833. The van der Waals surface area contributed by atoms with Crippen LogP contribution >= 0.6 is 0 Å². The number of aryl methyl sites for hydroxylation is 1. The highest BCUT2D eigenvalue weighted by atomic mass is 16.5. The van der Waals surface area contributed by atoms with Crippen LogP contribution in [0.2, 0.25) is 0 Å². The van der Waals surface area contributed by atoms with Crippen LogP contribution in [-0.2, 0) is 22.9 Å². The zero-order valence-corrected chi connectivity index (χ0v) is 11.3. The van der Waals surface area contributed by atoms with Crippen LogP contribution in [0, 0.1) is 0 Å². The smallest absolute Gasteiger partial charge is 0.0878 e. The summed E-state index contributed by atoms with van der Waals surface area (Å²) in [6.45, 7) is 1.51. The first-order valence-electron chi connectivity index (χ1n) is 6.35. The average molecular weight is 254 g/mol. The topological polar surface area (TPSA) is 61.2 Å². The molecule has 1 aliphatic heterocycles. The number of nitrogens with one attached hydrogen (secondary N) is 1. The Labute approximate surface area is 108 Å². The number of hydrogen-bond donors (Lipinski definition) is 1. The van der Waals surface area contributed by atoms with Crippen molar-refractivity contribution >= 4 is 0 Å². The van der Waals surface area contributed by atoms with Crippen molar-refractivity contribution < 1.29 is 9.47 Å². The molecule has 18 heavy (non-hydrogen) atoms. The Morgan fingerprint density at radius 2 is 2.28 bits per heavy atom. The molecular weight excluding hydrogens is 232 g/mol. The van der Waals surface area contributed by atoms with E-state index in [1.54, 1.807) is 11.8 Å². The molecule has 1 aliphatic rings. The molecule has 6 nitrogen and oxygen atoms in total. The molecule has 2 rings (SSSR count). The van der Waals surface area contributed by atoms with E-state index in [9.17, 15) is 0 Å². The van der Waals surface area contributed by atoms with Crippen molar-refractivity contribution in [2.75, 3.05) is 27.4 Å². The Balaban J connectivity index is 2.10. The largest absolute Gasteiger partial charge is 0.381 e. The third-order valence-corrected chi connectivity index (χ3v) is 3.79. The molecule has 2 heterocycles. The first-order valence-corrected chi connectivity index (χ1v) is 6.35. The lowest BCUT2D eigenvalue weighted by molar-refractivity contribution is -0.109. The van der Waals surface area contributed by atoms with Gasteiger partial charge >= 0.3 is 0 Å². The molecule has 0 radical (unpaired) electrons. The van der Waals surface area contributed by atoms with Gasteiger partial charge in [-0.05, 0) is 7.05 Å². The highest BCUT2D eigenvalue weighted by Gasteiger charge is 2.40. The van der Waals surface area contributed by atoms with E-state index in [-0.39, 0.29) is 11.6 Å². The van der Waals surface area contributed by atoms with Gasteiger partial charge in [0.15, 0.2) is 0 Å². The van der Waals surface area contributed by atoms with Gasteiger partial charge in [0.05, 0.1) is 11.3 Å². The van der Waals surface area contributed by atoms with Crippen molar-refractivity contribution in [2.24, 2.45) is 7.05 Å². The molecule has 0 saturated carbocycles. The Morgan fingerprint density at radius 1 is 1.56 bits per heavy atom. The van der Waals surface area contributed by atoms with Crippen LogP contribution in [-0.4, -0.2) is 54.0 Å². The standard InChI is InChI=1S/C12H22N4O2/c1-13-11(8-10-9-16(2)15-14-10)12(17-3)4-6-18-7-5-12/h9,11,13H,4-8H2,1-3H3. The van der Waals surface area contributed by atoms with Gasteiger partial charge in [0.1, 0.15) is 0 Å². The van der Waals surface area contributed by atoms with Gasteiger partial charge in [-0.25, -0.2) is 0 Å². The van der Waals surface area contributed by atoms with Crippen LogP contribution < -0.4 is 5.32 Å². The van der Waals surface area contributed by atoms with Gasteiger partial charge in [-0.3, -0.25) is 4.68 Å². The predicted molar refractivity (Wildman–Crippen MR) is 67.3 cm³/mol. The predicted octanol–water partition coefficient (Wildman–Crippen LogP) is 0.141. The molecule has 1 N–H and O–H groups in total. The fourth-order valence-electron chi connectivity index (χ4n) is 2.66. The molecule has 1 saturated heterocycles. The van der Waals surface area contributed by atoms with E-state index < -0.39 is 0 Å². The molecule has 0 amide bonds. The van der Waals surface area contributed by atoms with Gasteiger partial charge in [-0.1, -0.05) is 5.21 Å². The molecule has 0 spiro atoms. The van der Waals surface area contributed by atoms with Gasteiger partial charge in [0, 0.05) is 58.9 Å². The number of nitrogens with zero attached hydrogens (tertiary/aromatic N) is 3. The minimum Gasteiger partial charge on any atom is -0.381 e. The summed E-state index contributed by atoms with van der Waals surface area (Å²) in [4.78, 5) is 0. The van der Waals surface area contributed by atoms with Crippen LogP contribution in [0.5, 0.6) is 0 Å². The second-order valence-corrected chi connectivity index (χ2v) is 4.81. The third-order valence-electron chi connectivity index (χ3n) is 3.79. The number of hydrogen-bond acceptors (Lipinski definition) is 5. The Hall–Kier alpha value is -0.980. The van der Waals surface area contributed by atoms with Crippen molar-refractivity contribution in [1.82, 2.24) is 20.3 Å². The van der Waals surface area contributed by atoms with Crippen LogP contribution in [0.15, 0.2) is 6.20 Å². The quantitative estimate of drug-likeness (QED) is 0.810. The maximum Gasteiger partial charge on any atom is 0.0878 e. The molecular formula is C12H22N4O2.